The van der Waals surface area contributed by atoms with Crippen molar-refractivity contribution < 1.29 is 9.42 Å². The monoisotopic (exact) mass is 682 g/mol. The van der Waals surface area contributed by atoms with Gasteiger partial charge in [-0.2, -0.15) is 0 Å². The molecule has 0 saturated heterocycles. The van der Waals surface area contributed by atoms with E-state index in [-0.39, 0.29) is 10.8 Å². The number of rotatable bonds is 6. The van der Waals surface area contributed by atoms with Gasteiger partial charge in [-0.05, 0) is 87.7 Å². The molecular formula is C46H44N5O+. The minimum absolute atomic E-state index is 0.000118. The van der Waals surface area contributed by atoms with Gasteiger partial charge in [-0.1, -0.05) is 102 Å². The first-order valence-electron chi connectivity index (χ1n) is 17.9. The fraction of sp³-hybridized carbons (Fsp3) is 0.196. The summed E-state index contributed by atoms with van der Waals surface area (Å²) in [5.74, 6) is 2.40. The lowest BCUT2D eigenvalue weighted by molar-refractivity contribution is -0.721. The van der Waals surface area contributed by atoms with Crippen molar-refractivity contribution in [3.8, 4) is 45.4 Å². The molecule has 0 aliphatic rings. The fourth-order valence-corrected chi connectivity index (χ4v) is 6.88. The zero-order valence-corrected chi connectivity index (χ0v) is 30.9. The number of pyridine rings is 1. The van der Waals surface area contributed by atoms with Gasteiger partial charge in [-0.15, -0.1) is 9.36 Å². The molecule has 0 radical (unpaired) electrons. The molecule has 0 amide bonds. The van der Waals surface area contributed by atoms with Crippen LogP contribution in [0.3, 0.4) is 0 Å². The predicted molar refractivity (Wildman–Crippen MR) is 212 cm³/mol. The highest BCUT2D eigenvalue weighted by atomic mass is 16.5. The summed E-state index contributed by atoms with van der Waals surface area (Å²) in [4.78, 5) is 4.85. The Balaban J connectivity index is 1.18. The van der Waals surface area contributed by atoms with Gasteiger partial charge >= 0.3 is 0 Å². The molecule has 0 aliphatic carbocycles. The van der Waals surface area contributed by atoms with Crippen molar-refractivity contribution >= 4 is 21.8 Å². The standard InChI is InChI=1S/C46H44N5O/c1-45(2,3)34-23-24-47-44(27-34)51-41-16-12-11-15-39(41)40-22-21-37(29-42(40)51)52-38-26-35(46(4,5)6)25-36(28-38)50-30-43(49(7)48-50)33-19-17-32(18-20-33)31-13-9-8-10-14-31/h8-30H,1-7H3/q+1. The second-order valence-corrected chi connectivity index (χ2v) is 15.7. The van der Waals surface area contributed by atoms with E-state index in [0.29, 0.717) is 0 Å². The number of benzene rings is 5. The summed E-state index contributed by atoms with van der Waals surface area (Å²) in [5.41, 5.74) is 9.89. The normalized spacial score (nSPS) is 12.1. The van der Waals surface area contributed by atoms with Crippen LogP contribution in [0.25, 0.3) is 55.7 Å². The maximum atomic E-state index is 6.74. The summed E-state index contributed by atoms with van der Waals surface area (Å²) in [6.07, 6.45) is 4.00. The van der Waals surface area contributed by atoms with Crippen molar-refractivity contribution in [1.82, 2.24) is 19.4 Å². The smallest absolute Gasteiger partial charge is 0.197 e. The summed E-state index contributed by atoms with van der Waals surface area (Å²) >= 11 is 0. The quantitative estimate of drug-likeness (QED) is 0.164. The first-order chi connectivity index (χ1) is 24.9. The van der Waals surface area contributed by atoms with Crippen LogP contribution in [-0.2, 0) is 17.9 Å². The Morgan fingerprint density at radius 2 is 1.25 bits per heavy atom. The Morgan fingerprint density at radius 1 is 0.577 bits per heavy atom. The molecule has 3 aromatic heterocycles. The SMILES string of the molecule is C[n+]1nn(-c2cc(Oc3ccc4c5ccccc5n(-c5cc(C(C)(C)C)ccn5)c4c3)cc(C(C)(C)C)c2)cc1-c1ccc(-c2ccccc2)cc1. The van der Waals surface area contributed by atoms with Gasteiger partial charge in [0.2, 0.25) is 0 Å². The molecule has 8 rings (SSSR count). The molecular weight excluding hydrogens is 639 g/mol. The van der Waals surface area contributed by atoms with Gasteiger partial charge in [-0.25, -0.2) is 4.98 Å². The highest BCUT2D eigenvalue weighted by molar-refractivity contribution is 6.09. The number of nitrogens with zero attached hydrogens (tertiary/aromatic N) is 5. The molecule has 6 nitrogen and oxygen atoms in total. The molecule has 0 fully saturated rings. The topological polar surface area (TPSA) is 48.8 Å². The van der Waals surface area contributed by atoms with Crippen LogP contribution in [-0.4, -0.2) is 19.4 Å². The van der Waals surface area contributed by atoms with Crippen LogP contribution < -0.4 is 9.42 Å². The van der Waals surface area contributed by atoms with Crippen LogP contribution in [0.2, 0.25) is 0 Å². The van der Waals surface area contributed by atoms with Gasteiger partial charge in [0.1, 0.15) is 24.4 Å². The summed E-state index contributed by atoms with van der Waals surface area (Å²) in [5, 5.41) is 7.25. The molecule has 6 heteroatoms. The molecule has 258 valence electrons. The second kappa shape index (κ2) is 12.6. The van der Waals surface area contributed by atoms with Crippen molar-refractivity contribution in [1.29, 1.82) is 0 Å². The average Bonchev–Trinajstić information content (AvgIpc) is 3.69. The third-order valence-electron chi connectivity index (χ3n) is 9.85. The molecule has 0 unspecified atom stereocenters. The lowest BCUT2D eigenvalue weighted by Crippen LogP contribution is -2.33. The zero-order chi connectivity index (χ0) is 36.2. The van der Waals surface area contributed by atoms with E-state index in [4.69, 9.17) is 14.9 Å². The molecule has 0 aliphatic heterocycles. The number of aromatic nitrogens is 5. The molecule has 0 N–H and O–H groups in total. The van der Waals surface area contributed by atoms with E-state index >= 15 is 0 Å². The number of hydrogen-bond donors (Lipinski definition) is 0. The third-order valence-corrected chi connectivity index (χ3v) is 9.85. The zero-order valence-electron chi connectivity index (χ0n) is 30.9. The van der Waals surface area contributed by atoms with E-state index in [9.17, 15) is 0 Å². The lowest BCUT2D eigenvalue weighted by Gasteiger charge is -2.20. The fourth-order valence-electron chi connectivity index (χ4n) is 6.88. The minimum Gasteiger partial charge on any atom is -0.457 e. The Kier molecular flexibility index (Phi) is 8.06. The van der Waals surface area contributed by atoms with Crippen LogP contribution >= 0.6 is 0 Å². The van der Waals surface area contributed by atoms with Gasteiger partial charge in [-0.3, -0.25) is 4.57 Å². The molecule has 0 saturated carbocycles. The highest BCUT2D eigenvalue weighted by Gasteiger charge is 2.23. The predicted octanol–water partition coefficient (Wildman–Crippen LogP) is 10.9. The van der Waals surface area contributed by atoms with Gasteiger partial charge in [0.15, 0.2) is 17.6 Å². The van der Waals surface area contributed by atoms with Crippen LogP contribution in [0.4, 0.5) is 0 Å². The van der Waals surface area contributed by atoms with Crippen LogP contribution in [0, 0.1) is 0 Å². The summed E-state index contributed by atoms with van der Waals surface area (Å²) < 4.78 is 12.9. The van der Waals surface area contributed by atoms with E-state index in [1.165, 1.54) is 22.1 Å². The first kappa shape index (κ1) is 33.2. The van der Waals surface area contributed by atoms with E-state index in [1.807, 2.05) is 28.7 Å². The number of hydrogen-bond acceptors (Lipinski definition) is 3. The largest absolute Gasteiger partial charge is 0.457 e. The van der Waals surface area contributed by atoms with Crippen LogP contribution in [0.15, 0.2) is 140 Å². The van der Waals surface area contributed by atoms with Crippen molar-refractivity contribution in [3.05, 3.63) is 151 Å². The van der Waals surface area contributed by atoms with Crippen molar-refractivity contribution in [2.75, 3.05) is 0 Å². The Hall–Kier alpha value is -6.01. The van der Waals surface area contributed by atoms with Crippen molar-refractivity contribution in [2.45, 2.75) is 52.4 Å². The average molecular weight is 683 g/mol. The van der Waals surface area contributed by atoms with E-state index in [2.05, 4.69) is 174 Å². The van der Waals surface area contributed by atoms with Gasteiger partial charge in [0, 0.05) is 34.7 Å². The Labute approximate surface area is 305 Å². The summed E-state index contributed by atoms with van der Waals surface area (Å²) in [7, 11) is 1.99. The van der Waals surface area contributed by atoms with Crippen LogP contribution in [0.5, 0.6) is 11.5 Å². The maximum Gasteiger partial charge on any atom is 0.197 e. The number of para-hydroxylation sites is 1. The van der Waals surface area contributed by atoms with E-state index in [0.717, 1.165) is 56.2 Å². The lowest BCUT2D eigenvalue weighted by atomic mass is 9.86. The molecule has 0 spiro atoms. The maximum absolute atomic E-state index is 6.74. The summed E-state index contributed by atoms with van der Waals surface area (Å²) in [6, 6.07) is 44.7. The minimum atomic E-state index is -0.111. The number of aryl methyl sites for hydroxylation is 1. The number of fused-ring (bicyclic) bond motifs is 3. The van der Waals surface area contributed by atoms with Gasteiger partial charge < -0.3 is 4.74 Å². The van der Waals surface area contributed by atoms with Gasteiger partial charge in [0.05, 0.1) is 16.2 Å². The van der Waals surface area contributed by atoms with Crippen molar-refractivity contribution in [2.24, 2.45) is 7.05 Å². The van der Waals surface area contributed by atoms with Crippen molar-refractivity contribution in [3.63, 3.8) is 0 Å². The molecule has 3 heterocycles. The van der Waals surface area contributed by atoms with E-state index in [1.54, 1.807) is 0 Å². The summed E-state index contributed by atoms with van der Waals surface area (Å²) in [6.45, 7) is 13.4. The molecule has 0 bridgehead atoms. The molecule has 0 atom stereocenters. The molecule has 8 aromatic rings. The Morgan fingerprint density at radius 3 is 2.00 bits per heavy atom. The Bertz CT molecular complexity index is 2560. The number of ether oxygens (including phenoxy) is 1. The molecule has 5 aromatic carbocycles. The highest BCUT2D eigenvalue weighted by Crippen LogP contribution is 2.37. The molecule has 52 heavy (non-hydrogen) atoms. The van der Waals surface area contributed by atoms with Crippen LogP contribution in [0.1, 0.15) is 52.7 Å². The third kappa shape index (κ3) is 6.26. The van der Waals surface area contributed by atoms with E-state index < -0.39 is 0 Å². The second-order valence-electron chi connectivity index (χ2n) is 15.7. The van der Waals surface area contributed by atoms with Gasteiger partial charge in [0.25, 0.3) is 0 Å². The first-order valence-corrected chi connectivity index (χ1v) is 17.9.